The molecule has 2 aliphatic rings. The molecular formula is C22H33BrLiN3O3. The van der Waals surface area contributed by atoms with Crippen molar-refractivity contribution >= 4 is 27.9 Å². The van der Waals surface area contributed by atoms with E-state index >= 15 is 0 Å². The number of carboxylic acid groups (broad SMARTS) is 1. The second-order valence-electron chi connectivity index (χ2n) is 8.47. The van der Waals surface area contributed by atoms with E-state index in [1.165, 1.54) is 4.90 Å². The average Bonchev–Trinajstić information content (AvgIpc) is 3.47. The van der Waals surface area contributed by atoms with Gasteiger partial charge in [0.15, 0.2) is 0 Å². The summed E-state index contributed by atoms with van der Waals surface area (Å²) in [4.78, 5) is 26.6. The van der Waals surface area contributed by atoms with Crippen molar-refractivity contribution in [3.8, 4) is 0 Å². The number of hydrogen-bond acceptors (Lipinski definition) is 4. The smallest absolute Gasteiger partial charge is 0.530 e. The summed E-state index contributed by atoms with van der Waals surface area (Å²) in [5, 5.41) is 14.9. The monoisotopic (exact) mass is 473 g/mol. The summed E-state index contributed by atoms with van der Waals surface area (Å²) < 4.78 is 0. The van der Waals surface area contributed by atoms with Gasteiger partial charge in [-0.05, 0) is 24.3 Å². The van der Waals surface area contributed by atoms with E-state index in [9.17, 15) is 14.7 Å². The molecule has 0 spiro atoms. The van der Waals surface area contributed by atoms with Gasteiger partial charge in [0.2, 0.25) is 5.91 Å². The van der Waals surface area contributed by atoms with Crippen molar-refractivity contribution < 1.29 is 33.6 Å². The first kappa shape index (κ1) is 27.0. The zero-order valence-corrected chi connectivity index (χ0v) is 20.4. The fraction of sp³-hybridized carbons (Fsp3) is 0.636. The minimum atomic E-state index is -1.24. The Hall–Kier alpha value is -1.00. The largest absolute Gasteiger partial charge is 1.00 e. The SMILES string of the molecule is CC(C)NC(C)C.O=C1C(Br)CN(C(=O)[O-])C(c2ccccc2)CN1CC1CC1.[Li+]. The van der Waals surface area contributed by atoms with E-state index in [1.54, 1.807) is 4.90 Å². The first-order chi connectivity index (χ1) is 13.7. The van der Waals surface area contributed by atoms with Gasteiger partial charge in [-0.2, -0.15) is 0 Å². The van der Waals surface area contributed by atoms with Crippen molar-refractivity contribution in [3.05, 3.63) is 35.9 Å². The van der Waals surface area contributed by atoms with Crippen molar-refractivity contribution in [2.75, 3.05) is 19.6 Å². The molecule has 2 amide bonds. The molecule has 1 heterocycles. The molecule has 2 unspecified atom stereocenters. The topological polar surface area (TPSA) is 75.7 Å². The summed E-state index contributed by atoms with van der Waals surface area (Å²) in [6, 6.07) is 10.3. The number of benzene rings is 1. The molecule has 0 radical (unpaired) electrons. The molecule has 1 saturated heterocycles. The second kappa shape index (κ2) is 12.8. The van der Waals surface area contributed by atoms with E-state index in [0.29, 0.717) is 31.1 Å². The molecule has 1 aromatic carbocycles. The van der Waals surface area contributed by atoms with Gasteiger partial charge in [0.1, 0.15) is 10.9 Å². The molecular weight excluding hydrogens is 441 g/mol. The number of hydrogen-bond donors (Lipinski definition) is 1. The molecule has 30 heavy (non-hydrogen) atoms. The molecule has 1 saturated carbocycles. The maximum atomic E-state index is 12.5. The quantitative estimate of drug-likeness (QED) is 0.474. The van der Waals surface area contributed by atoms with Gasteiger partial charge in [-0.1, -0.05) is 74.0 Å². The van der Waals surface area contributed by atoms with Gasteiger partial charge in [0, 0.05) is 31.7 Å². The van der Waals surface area contributed by atoms with E-state index in [4.69, 9.17) is 0 Å². The van der Waals surface area contributed by atoms with Crippen LogP contribution >= 0.6 is 15.9 Å². The molecule has 8 heteroatoms. The minimum Gasteiger partial charge on any atom is -0.530 e. The van der Waals surface area contributed by atoms with Crippen LogP contribution in [0.1, 0.15) is 52.1 Å². The standard InChI is InChI=1S/C16H19BrN2O3.C6H15N.Li/c17-13-9-19(16(21)22)14(12-4-2-1-3-5-12)10-18(15(13)20)8-11-6-7-11;1-5(2)7-6(3)4;/h1-5,11,13-14H,6-10H2,(H,21,22);5-7H,1-4H3;/q;;+1/p-1. The van der Waals surface area contributed by atoms with E-state index in [2.05, 4.69) is 48.9 Å². The van der Waals surface area contributed by atoms with Crippen LogP contribution in [0.15, 0.2) is 30.3 Å². The van der Waals surface area contributed by atoms with Gasteiger partial charge in [0.05, 0.1) is 6.04 Å². The number of nitrogens with one attached hydrogen (secondary N) is 1. The van der Waals surface area contributed by atoms with Gasteiger partial charge in [-0.15, -0.1) is 0 Å². The maximum Gasteiger partial charge on any atom is 1.00 e. The van der Waals surface area contributed by atoms with Crippen LogP contribution in [0.5, 0.6) is 0 Å². The zero-order valence-electron chi connectivity index (χ0n) is 18.8. The molecule has 0 aromatic heterocycles. The molecule has 2 fully saturated rings. The van der Waals surface area contributed by atoms with Gasteiger partial charge in [0.25, 0.3) is 0 Å². The maximum absolute atomic E-state index is 12.5. The van der Waals surface area contributed by atoms with Crippen LogP contribution in [-0.2, 0) is 4.79 Å². The molecule has 1 aliphatic carbocycles. The number of nitrogens with zero attached hydrogens (tertiary/aromatic N) is 2. The Morgan fingerprint density at radius 1 is 1.13 bits per heavy atom. The van der Waals surface area contributed by atoms with Crippen molar-refractivity contribution in [1.82, 2.24) is 15.1 Å². The fourth-order valence-electron chi connectivity index (χ4n) is 3.58. The summed E-state index contributed by atoms with van der Waals surface area (Å²) in [6.45, 7) is 9.82. The molecule has 6 nitrogen and oxygen atoms in total. The summed E-state index contributed by atoms with van der Waals surface area (Å²) in [6.07, 6.45) is 1.06. The van der Waals surface area contributed by atoms with Crippen molar-refractivity contribution in [1.29, 1.82) is 0 Å². The van der Waals surface area contributed by atoms with Crippen LogP contribution in [0.3, 0.4) is 0 Å². The summed E-state index contributed by atoms with van der Waals surface area (Å²) >= 11 is 3.34. The average molecular weight is 474 g/mol. The molecule has 1 N–H and O–H groups in total. The Morgan fingerprint density at radius 3 is 2.13 bits per heavy atom. The number of alkyl halides is 1. The van der Waals surface area contributed by atoms with Crippen molar-refractivity contribution in [3.63, 3.8) is 0 Å². The van der Waals surface area contributed by atoms with Gasteiger partial charge in [-0.25, -0.2) is 0 Å². The van der Waals surface area contributed by atoms with Crippen LogP contribution in [0.2, 0.25) is 0 Å². The van der Waals surface area contributed by atoms with Crippen molar-refractivity contribution in [2.45, 2.75) is 63.5 Å². The Morgan fingerprint density at radius 2 is 1.70 bits per heavy atom. The summed E-state index contributed by atoms with van der Waals surface area (Å²) in [5.74, 6) is 0.533. The summed E-state index contributed by atoms with van der Waals surface area (Å²) in [7, 11) is 0. The number of carbonyl (C=O) groups excluding carboxylic acids is 2. The van der Waals surface area contributed by atoms with Crippen LogP contribution in [0.25, 0.3) is 0 Å². The third-order valence-corrected chi connectivity index (χ3v) is 5.65. The van der Waals surface area contributed by atoms with Gasteiger partial charge in [-0.3, -0.25) is 4.79 Å². The molecule has 0 bridgehead atoms. The number of amides is 2. The van der Waals surface area contributed by atoms with E-state index in [-0.39, 0.29) is 37.4 Å². The normalized spacial score (nSPS) is 21.6. The first-order valence-electron chi connectivity index (χ1n) is 10.4. The fourth-order valence-corrected chi connectivity index (χ4v) is 4.18. The Labute approximate surface area is 201 Å². The van der Waals surface area contributed by atoms with Crippen LogP contribution in [0.4, 0.5) is 4.79 Å². The summed E-state index contributed by atoms with van der Waals surface area (Å²) in [5.41, 5.74) is 0.891. The minimum absolute atomic E-state index is 0. The van der Waals surface area contributed by atoms with Crippen LogP contribution in [0, 0.1) is 5.92 Å². The van der Waals surface area contributed by atoms with Crippen LogP contribution < -0.4 is 29.3 Å². The number of halogens is 1. The second-order valence-corrected chi connectivity index (χ2v) is 9.58. The molecule has 3 rings (SSSR count). The molecule has 2 atom stereocenters. The predicted molar refractivity (Wildman–Crippen MR) is 117 cm³/mol. The van der Waals surface area contributed by atoms with E-state index in [1.807, 2.05) is 30.3 Å². The molecule has 162 valence electrons. The Bertz CT molecular complexity index is 665. The predicted octanol–water partition coefficient (Wildman–Crippen LogP) is -0.214. The zero-order chi connectivity index (χ0) is 21.6. The third kappa shape index (κ3) is 8.62. The first-order valence-corrected chi connectivity index (χ1v) is 11.3. The van der Waals surface area contributed by atoms with Crippen LogP contribution in [-0.4, -0.2) is 58.3 Å². The Kier molecular flexibility index (Phi) is 11.5. The number of rotatable bonds is 5. The third-order valence-electron chi connectivity index (χ3n) is 4.97. The Balaban J connectivity index is 0.000000489. The number of carbonyl (C=O) groups is 2. The van der Waals surface area contributed by atoms with Crippen molar-refractivity contribution in [2.24, 2.45) is 5.92 Å². The molecule has 1 aromatic rings. The molecule has 1 aliphatic heterocycles. The van der Waals surface area contributed by atoms with Gasteiger partial charge >= 0.3 is 18.9 Å². The van der Waals surface area contributed by atoms with Gasteiger partial charge < -0.3 is 25.0 Å². The van der Waals surface area contributed by atoms with E-state index in [0.717, 1.165) is 18.4 Å². The van der Waals surface area contributed by atoms with E-state index < -0.39 is 10.9 Å².